The van der Waals surface area contributed by atoms with Gasteiger partial charge in [-0.2, -0.15) is 0 Å². The monoisotopic (exact) mass is 274 g/mol. The molecule has 2 aromatic carbocycles. The van der Waals surface area contributed by atoms with Crippen LogP contribution in [0.1, 0.15) is 12.0 Å². The van der Waals surface area contributed by atoms with E-state index < -0.39 is 0 Å². The zero-order valence-corrected chi connectivity index (χ0v) is 11.7. The molecule has 0 unspecified atom stereocenters. The maximum absolute atomic E-state index is 5.83. The van der Waals surface area contributed by atoms with Gasteiger partial charge in [-0.1, -0.05) is 41.9 Å². The SMILES string of the molecule is Clc1ccc(NCCCNCc2ccccc2)cc1. The summed E-state index contributed by atoms with van der Waals surface area (Å²) in [6.45, 7) is 2.90. The van der Waals surface area contributed by atoms with E-state index in [1.54, 1.807) is 0 Å². The Morgan fingerprint density at radius 2 is 1.58 bits per heavy atom. The van der Waals surface area contributed by atoms with Crippen LogP contribution in [-0.4, -0.2) is 13.1 Å². The molecule has 100 valence electrons. The normalized spacial score (nSPS) is 10.4. The number of anilines is 1. The second-order valence-corrected chi connectivity index (χ2v) is 4.89. The van der Waals surface area contributed by atoms with Gasteiger partial charge in [0.15, 0.2) is 0 Å². The Balaban J connectivity index is 1.56. The molecule has 0 fully saturated rings. The summed E-state index contributed by atoms with van der Waals surface area (Å²) in [4.78, 5) is 0. The second kappa shape index (κ2) is 7.82. The summed E-state index contributed by atoms with van der Waals surface area (Å²) in [5, 5.41) is 7.58. The molecule has 0 spiro atoms. The summed E-state index contributed by atoms with van der Waals surface area (Å²) in [6.07, 6.45) is 1.09. The first-order valence-corrected chi connectivity index (χ1v) is 6.96. The molecule has 0 aliphatic rings. The zero-order valence-electron chi connectivity index (χ0n) is 10.9. The molecule has 0 aliphatic heterocycles. The molecule has 2 rings (SSSR count). The van der Waals surface area contributed by atoms with E-state index in [9.17, 15) is 0 Å². The van der Waals surface area contributed by atoms with Crippen molar-refractivity contribution in [1.82, 2.24) is 5.32 Å². The Hall–Kier alpha value is -1.51. The van der Waals surface area contributed by atoms with E-state index in [4.69, 9.17) is 11.6 Å². The molecule has 0 atom stereocenters. The van der Waals surface area contributed by atoms with Crippen LogP contribution in [0.15, 0.2) is 54.6 Å². The van der Waals surface area contributed by atoms with E-state index in [0.29, 0.717) is 0 Å². The Labute approximate surface area is 119 Å². The van der Waals surface area contributed by atoms with E-state index >= 15 is 0 Å². The van der Waals surface area contributed by atoms with E-state index in [-0.39, 0.29) is 0 Å². The van der Waals surface area contributed by atoms with Crippen molar-refractivity contribution in [3.63, 3.8) is 0 Å². The van der Waals surface area contributed by atoms with Gasteiger partial charge in [-0.15, -0.1) is 0 Å². The molecule has 0 amide bonds. The Bertz CT molecular complexity index is 468. The van der Waals surface area contributed by atoms with Gasteiger partial charge >= 0.3 is 0 Å². The van der Waals surface area contributed by atoms with Crippen LogP contribution in [0.5, 0.6) is 0 Å². The summed E-state index contributed by atoms with van der Waals surface area (Å²) in [7, 11) is 0. The van der Waals surface area contributed by atoms with Gasteiger partial charge in [-0.25, -0.2) is 0 Å². The van der Waals surface area contributed by atoms with Gasteiger partial charge in [0, 0.05) is 23.8 Å². The van der Waals surface area contributed by atoms with Crippen LogP contribution in [0, 0.1) is 0 Å². The fourth-order valence-electron chi connectivity index (χ4n) is 1.84. The third-order valence-corrected chi connectivity index (χ3v) is 3.13. The van der Waals surface area contributed by atoms with Gasteiger partial charge in [0.1, 0.15) is 0 Å². The van der Waals surface area contributed by atoms with Crippen molar-refractivity contribution in [2.24, 2.45) is 0 Å². The maximum atomic E-state index is 5.83. The van der Waals surface area contributed by atoms with Crippen LogP contribution >= 0.6 is 11.6 Å². The van der Waals surface area contributed by atoms with Crippen molar-refractivity contribution in [3.05, 3.63) is 65.2 Å². The molecular formula is C16H19ClN2. The Morgan fingerprint density at radius 3 is 2.32 bits per heavy atom. The highest BCUT2D eigenvalue weighted by Crippen LogP contribution is 2.12. The number of halogens is 1. The molecule has 0 aromatic heterocycles. The fraction of sp³-hybridized carbons (Fsp3) is 0.250. The van der Waals surface area contributed by atoms with Gasteiger partial charge < -0.3 is 10.6 Å². The molecule has 0 aliphatic carbocycles. The van der Waals surface area contributed by atoms with Gasteiger partial charge in [0.25, 0.3) is 0 Å². The van der Waals surface area contributed by atoms with Crippen LogP contribution in [0.25, 0.3) is 0 Å². The first-order valence-electron chi connectivity index (χ1n) is 6.59. The topological polar surface area (TPSA) is 24.1 Å². The molecule has 19 heavy (non-hydrogen) atoms. The standard InChI is InChI=1S/C16H19ClN2/c17-15-7-9-16(10-8-15)19-12-4-11-18-13-14-5-2-1-3-6-14/h1-3,5-10,18-19H,4,11-13H2. The predicted molar refractivity (Wildman–Crippen MR) is 82.7 cm³/mol. The van der Waals surface area contributed by atoms with Crippen molar-refractivity contribution in [2.45, 2.75) is 13.0 Å². The second-order valence-electron chi connectivity index (χ2n) is 4.45. The summed E-state index contributed by atoms with van der Waals surface area (Å²) in [5.74, 6) is 0. The molecule has 0 radical (unpaired) electrons. The first kappa shape index (κ1) is 13.9. The highest BCUT2D eigenvalue weighted by atomic mass is 35.5. The number of benzene rings is 2. The lowest BCUT2D eigenvalue weighted by Gasteiger charge is -2.07. The number of hydrogen-bond donors (Lipinski definition) is 2. The summed E-state index contributed by atoms with van der Waals surface area (Å²) < 4.78 is 0. The number of hydrogen-bond acceptors (Lipinski definition) is 2. The third kappa shape index (κ3) is 5.33. The number of rotatable bonds is 7. The van der Waals surface area contributed by atoms with Crippen LogP contribution in [0.2, 0.25) is 5.02 Å². The molecule has 2 aromatic rings. The molecule has 2 N–H and O–H groups in total. The van der Waals surface area contributed by atoms with Crippen LogP contribution in [-0.2, 0) is 6.54 Å². The Kier molecular flexibility index (Phi) is 5.73. The lowest BCUT2D eigenvalue weighted by molar-refractivity contribution is 0.663. The minimum Gasteiger partial charge on any atom is -0.385 e. The van der Waals surface area contributed by atoms with Gasteiger partial charge in [0.05, 0.1) is 0 Å². The predicted octanol–water partition coefficient (Wildman–Crippen LogP) is 3.93. The van der Waals surface area contributed by atoms with Gasteiger partial charge in [-0.05, 0) is 42.8 Å². The molecule has 3 heteroatoms. The highest BCUT2D eigenvalue weighted by Gasteiger charge is 1.93. The average molecular weight is 275 g/mol. The largest absolute Gasteiger partial charge is 0.385 e. The van der Waals surface area contributed by atoms with Crippen LogP contribution in [0.4, 0.5) is 5.69 Å². The molecule has 0 bridgehead atoms. The number of nitrogens with one attached hydrogen (secondary N) is 2. The Morgan fingerprint density at radius 1 is 0.842 bits per heavy atom. The lowest BCUT2D eigenvalue weighted by Crippen LogP contribution is -2.17. The van der Waals surface area contributed by atoms with Crippen molar-refractivity contribution in [1.29, 1.82) is 0 Å². The average Bonchev–Trinajstić information content (AvgIpc) is 2.46. The summed E-state index contributed by atoms with van der Waals surface area (Å²) >= 11 is 5.83. The molecule has 2 nitrogen and oxygen atoms in total. The first-order chi connectivity index (χ1) is 9.34. The summed E-state index contributed by atoms with van der Waals surface area (Å²) in [5.41, 5.74) is 2.45. The van der Waals surface area contributed by atoms with E-state index in [1.165, 1.54) is 5.56 Å². The quantitative estimate of drug-likeness (QED) is 0.748. The molecule has 0 saturated carbocycles. The van der Waals surface area contributed by atoms with Crippen molar-refractivity contribution < 1.29 is 0 Å². The minimum atomic E-state index is 0.773. The van der Waals surface area contributed by atoms with Gasteiger partial charge in [-0.3, -0.25) is 0 Å². The maximum Gasteiger partial charge on any atom is 0.0407 e. The van der Waals surface area contributed by atoms with Crippen LogP contribution < -0.4 is 10.6 Å². The van der Waals surface area contributed by atoms with Crippen molar-refractivity contribution in [2.75, 3.05) is 18.4 Å². The highest BCUT2D eigenvalue weighted by molar-refractivity contribution is 6.30. The fourth-order valence-corrected chi connectivity index (χ4v) is 1.97. The minimum absolute atomic E-state index is 0.773. The smallest absolute Gasteiger partial charge is 0.0407 e. The lowest BCUT2D eigenvalue weighted by atomic mass is 10.2. The summed E-state index contributed by atoms with van der Waals surface area (Å²) in [6, 6.07) is 18.3. The van der Waals surface area contributed by atoms with E-state index in [2.05, 4.69) is 34.9 Å². The van der Waals surface area contributed by atoms with Gasteiger partial charge in [0.2, 0.25) is 0 Å². The molecule has 0 saturated heterocycles. The molecular weight excluding hydrogens is 256 g/mol. The third-order valence-electron chi connectivity index (χ3n) is 2.88. The zero-order chi connectivity index (χ0) is 13.3. The molecule has 0 heterocycles. The van der Waals surface area contributed by atoms with E-state index in [1.807, 2.05) is 30.3 Å². The van der Waals surface area contributed by atoms with Crippen LogP contribution in [0.3, 0.4) is 0 Å². The van der Waals surface area contributed by atoms with E-state index in [0.717, 1.165) is 36.8 Å². The van der Waals surface area contributed by atoms with Crippen molar-refractivity contribution >= 4 is 17.3 Å². The van der Waals surface area contributed by atoms with Crippen molar-refractivity contribution in [3.8, 4) is 0 Å².